The van der Waals surface area contributed by atoms with Gasteiger partial charge in [0.25, 0.3) is 0 Å². The van der Waals surface area contributed by atoms with Crippen molar-refractivity contribution >= 4 is 43.6 Å². The Morgan fingerprint density at radius 1 is 0.203 bits per heavy atom. The molecule has 0 saturated carbocycles. The van der Waals surface area contributed by atoms with Gasteiger partial charge < -0.3 is 0 Å². The molecule has 0 aliphatic heterocycles. The van der Waals surface area contributed by atoms with E-state index in [4.69, 9.17) is 29.9 Å². The Hall–Kier alpha value is -8.74. The molecule has 0 atom stereocenters. The van der Waals surface area contributed by atoms with Crippen molar-refractivity contribution in [3.63, 3.8) is 0 Å². The number of nitrogens with zero attached hydrogens (tertiary/aromatic N) is 6. The molecule has 0 spiro atoms. The lowest BCUT2D eigenvalue weighted by Gasteiger charge is -2.10. The summed E-state index contributed by atoms with van der Waals surface area (Å²) < 4.78 is 0. The van der Waals surface area contributed by atoms with Crippen LogP contribution in [0.3, 0.4) is 0 Å². The van der Waals surface area contributed by atoms with Crippen LogP contribution in [0, 0.1) is 0 Å². The maximum atomic E-state index is 5.16. The molecule has 5 heterocycles. The molecule has 6 heteroatoms. The Labute approximate surface area is 369 Å². The van der Waals surface area contributed by atoms with Gasteiger partial charge in [-0.15, -0.1) is 0 Å². The van der Waals surface area contributed by atoms with Gasteiger partial charge in [0.1, 0.15) is 0 Å². The van der Waals surface area contributed by atoms with Gasteiger partial charge in [0, 0.05) is 49.4 Å². The van der Waals surface area contributed by atoms with Crippen LogP contribution in [0.25, 0.3) is 123 Å². The van der Waals surface area contributed by atoms with Crippen molar-refractivity contribution in [2.45, 2.75) is 0 Å². The summed E-state index contributed by atoms with van der Waals surface area (Å²) in [6.45, 7) is 0. The summed E-state index contributed by atoms with van der Waals surface area (Å²) in [6.07, 6.45) is 0. The molecular formula is C58H36N6. The van der Waals surface area contributed by atoms with Gasteiger partial charge in [0.15, 0.2) is 5.82 Å². The third kappa shape index (κ3) is 6.99. The standard InChI is InChI=1S/C58H36N6/c1-4-10-37(11-5-1)49-28-22-41-20-21-42-23-29-50(62-57(42)56(41)61-49)40-18-16-39(17-19-40)48-32-26-46-34-44(24-30-51(46)59-48)45-25-31-52-47(35-45)27-33-53(60-52)55-36-54(38-12-6-2-7-13-38)63-58(64-55)43-14-8-3-9-15-43/h1-36H. The molecule has 0 N–H and O–H groups in total. The van der Waals surface area contributed by atoms with E-state index in [-0.39, 0.29) is 0 Å². The number of benzene rings is 7. The highest BCUT2D eigenvalue weighted by Crippen LogP contribution is 2.33. The monoisotopic (exact) mass is 816 g/mol. The Bertz CT molecular complexity index is 3650. The van der Waals surface area contributed by atoms with E-state index in [0.29, 0.717) is 5.82 Å². The number of hydrogen-bond donors (Lipinski definition) is 0. The molecule has 0 unspecified atom stereocenters. The van der Waals surface area contributed by atoms with Crippen LogP contribution >= 0.6 is 0 Å². The lowest BCUT2D eigenvalue weighted by molar-refractivity contribution is 1.17. The molecule has 0 fully saturated rings. The highest BCUT2D eigenvalue weighted by atomic mass is 14.9. The van der Waals surface area contributed by atoms with E-state index in [9.17, 15) is 0 Å². The smallest absolute Gasteiger partial charge is 0.160 e. The van der Waals surface area contributed by atoms with E-state index in [2.05, 4.69) is 146 Å². The molecule has 0 aliphatic carbocycles. The van der Waals surface area contributed by atoms with Crippen molar-refractivity contribution in [3.8, 4) is 78.9 Å². The van der Waals surface area contributed by atoms with Gasteiger partial charge in [-0.05, 0) is 65.7 Å². The van der Waals surface area contributed by atoms with Crippen LogP contribution in [0.1, 0.15) is 0 Å². The molecule has 6 nitrogen and oxygen atoms in total. The highest BCUT2D eigenvalue weighted by molar-refractivity contribution is 6.04. The van der Waals surface area contributed by atoms with Crippen molar-refractivity contribution in [2.75, 3.05) is 0 Å². The van der Waals surface area contributed by atoms with Crippen LogP contribution in [0.15, 0.2) is 218 Å². The first kappa shape index (κ1) is 37.1. The van der Waals surface area contributed by atoms with Crippen molar-refractivity contribution in [2.24, 2.45) is 0 Å². The third-order valence-corrected chi connectivity index (χ3v) is 11.9. The van der Waals surface area contributed by atoms with Crippen LogP contribution in [0.5, 0.6) is 0 Å². The molecule has 7 aromatic carbocycles. The van der Waals surface area contributed by atoms with Crippen LogP contribution in [-0.4, -0.2) is 29.9 Å². The Morgan fingerprint density at radius 3 is 1.11 bits per heavy atom. The minimum atomic E-state index is 0.671. The third-order valence-electron chi connectivity index (χ3n) is 11.9. The number of rotatable bonds is 7. The molecule has 298 valence electrons. The van der Waals surface area contributed by atoms with E-state index in [0.717, 1.165) is 117 Å². The number of aromatic nitrogens is 6. The summed E-state index contributed by atoms with van der Waals surface area (Å²) in [4.78, 5) is 30.3. The molecule has 0 radical (unpaired) electrons. The van der Waals surface area contributed by atoms with E-state index in [1.54, 1.807) is 0 Å². The second-order valence-electron chi connectivity index (χ2n) is 15.9. The highest BCUT2D eigenvalue weighted by Gasteiger charge is 2.14. The van der Waals surface area contributed by atoms with Crippen molar-refractivity contribution in [1.82, 2.24) is 29.9 Å². The number of hydrogen-bond acceptors (Lipinski definition) is 6. The van der Waals surface area contributed by atoms with Crippen LogP contribution in [-0.2, 0) is 0 Å². The molecule has 5 aromatic heterocycles. The lowest BCUT2D eigenvalue weighted by atomic mass is 10.00. The summed E-state index contributed by atoms with van der Waals surface area (Å²) >= 11 is 0. The van der Waals surface area contributed by atoms with Crippen molar-refractivity contribution in [1.29, 1.82) is 0 Å². The molecule has 12 aromatic rings. The SMILES string of the molecule is c1ccc(-c2cc(-c3ccc4cc(-c5ccc6nc(-c7ccc(-c8ccc9ccc%10ccc(-c%11ccccc%11)nc%10c9n8)cc7)ccc6c5)ccc4n3)nc(-c3ccccc3)n2)cc1. The fraction of sp³-hybridized carbons (Fsp3) is 0. The zero-order chi connectivity index (χ0) is 42.4. The topological polar surface area (TPSA) is 77.3 Å². The Balaban J connectivity index is 0.807. The van der Waals surface area contributed by atoms with Gasteiger partial charge in [0.05, 0.1) is 56.2 Å². The van der Waals surface area contributed by atoms with Crippen LogP contribution in [0.2, 0.25) is 0 Å². The van der Waals surface area contributed by atoms with Gasteiger partial charge in [-0.1, -0.05) is 164 Å². The van der Waals surface area contributed by atoms with Crippen LogP contribution < -0.4 is 0 Å². The molecule has 0 aliphatic rings. The van der Waals surface area contributed by atoms with E-state index in [1.165, 1.54) is 0 Å². The second kappa shape index (κ2) is 15.6. The fourth-order valence-corrected chi connectivity index (χ4v) is 8.48. The van der Waals surface area contributed by atoms with Crippen molar-refractivity contribution < 1.29 is 0 Å². The molecular weight excluding hydrogens is 781 g/mol. The van der Waals surface area contributed by atoms with E-state index in [1.807, 2.05) is 72.8 Å². The van der Waals surface area contributed by atoms with Crippen LogP contribution in [0.4, 0.5) is 0 Å². The molecule has 0 bridgehead atoms. The molecule has 0 saturated heterocycles. The number of fused-ring (bicyclic) bond motifs is 5. The molecule has 64 heavy (non-hydrogen) atoms. The largest absolute Gasteiger partial charge is 0.248 e. The second-order valence-corrected chi connectivity index (χ2v) is 15.9. The Morgan fingerprint density at radius 2 is 0.578 bits per heavy atom. The Kier molecular flexibility index (Phi) is 9.05. The molecule has 0 amide bonds. The normalized spacial score (nSPS) is 11.4. The first-order chi connectivity index (χ1) is 31.6. The van der Waals surface area contributed by atoms with E-state index < -0.39 is 0 Å². The van der Waals surface area contributed by atoms with E-state index >= 15 is 0 Å². The molecule has 12 rings (SSSR count). The van der Waals surface area contributed by atoms with Gasteiger partial charge in [0.2, 0.25) is 0 Å². The minimum absolute atomic E-state index is 0.671. The average molecular weight is 817 g/mol. The van der Waals surface area contributed by atoms with Crippen molar-refractivity contribution in [3.05, 3.63) is 218 Å². The average Bonchev–Trinajstić information content (AvgIpc) is 3.38. The predicted octanol–water partition coefficient (Wildman–Crippen LogP) is 14.3. The summed E-state index contributed by atoms with van der Waals surface area (Å²) in [5.74, 6) is 0.671. The van der Waals surface area contributed by atoms with Gasteiger partial charge in [-0.3, -0.25) is 0 Å². The summed E-state index contributed by atoms with van der Waals surface area (Å²) in [5.41, 5.74) is 16.3. The summed E-state index contributed by atoms with van der Waals surface area (Å²) in [6, 6.07) is 75.1. The first-order valence-electron chi connectivity index (χ1n) is 21.3. The van der Waals surface area contributed by atoms with Gasteiger partial charge in [-0.2, -0.15) is 0 Å². The fourth-order valence-electron chi connectivity index (χ4n) is 8.48. The summed E-state index contributed by atoms with van der Waals surface area (Å²) in [7, 11) is 0. The first-order valence-corrected chi connectivity index (χ1v) is 21.3. The zero-order valence-electron chi connectivity index (χ0n) is 34.5. The number of pyridine rings is 4. The minimum Gasteiger partial charge on any atom is -0.248 e. The lowest BCUT2D eigenvalue weighted by Crippen LogP contribution is -1.97. The maximum Gasteiger partial charge on any atom is 0.160 e. The predicted molar refractivity (Wildman–Crippen MR) is 261 cm³/mol. The summed E-state index contributed by atoms with van der Waals surface area (Å²) in [5, 5.41) is 4.27. The maximum absolute atomic E-state index is 5.16. The quantitative estimate of drug-likeness (QED) is 0.149. The van der Waals surface area contributed by atoms with Gasteiger partial charge >= 0.3 is 0 Å². The van der Waals surface area contributed by atoms with Gasteiger partial charge in [-0.25, -0.2) is 29.9 Å². The zero-order valence-corrected chi connectivity index (χ0v) is 34.5.